The Morgan fingerprint density at radius 1 is 0.811 bits per heavy atom. The molecule has 13 nitrogen and oxygen atoms in total. The van der Waals surface area contributed by atoms with Crippen molar-refractivity contribution >= 4 is 35.5 Å². The number of nitrogens with zero attached hydrogens (tertiary/aromatic N) is 1. The quantitative estimate of drug-likeness (QED) is 0.137. The van der Waals surface area contributed by atoms with Gasteiger partial charge in [-0.15, -0.1) is 0 Å². The lowest BCUT2D eigenvalue weighted by molar-refractivity contribution is -0.141. The lowest BCUT2D eigenvalue weighted by atomic mass is 9.94. The number of hydrogen-bond acceptors (Lipinski definition) is 8. The van der Waals surface area contributed by atoms with Crippen molar-refractivity contribution in [3.8, 4) is 0 Å². The van der Waals surface area contributed by atoms with E-state index in [4.69, 9.17) is 4.74 Å². The second kappa shape index (κ2) is 19.3. The summed E-state index contributed by atoms with van der Waals surface area (Å²) in [7, 11) is 2.10. The minimum atomic E-state index is -1.32. The highest BCUT2D eigenvalue weighted by molar-refractivity contribution is 6.38. The van der Waals surface area contributed by atoms with Gasteiger partial charge in [-0.1, -0.05) is 50.2 Å². The van der Waals surface area contributed by atoms with Gasteiger partial charge in [-0.05, 0) is 87.7 Å². The first-order chi connectivity index (χ1) is 25.2. The van der Waals surface area contributed by atoms with Gasteiger partial charge < -0.3 is 31.3 Å². The molecule has 53 heavy (non-hydrogen) atoms. The molecule has 2 fully saturated rings. The van der Waals surface area contributed by atoms with Crippen molar-refractivity contribution < 1.29 is 37.9 Å². The summed E-state index contributed by atoms with van der Waals surface area (Å²) in [6, 6.07) is 9.74. The zero-order valence-corrected chi connectivity index (χ0v) is 31.2. The van der Waals surface area contributed by atoms with E-state index < -0.39 is 59.5 Å². The Morgan fingerprint density at radius 2 is 1.42 bits per heavy atom. The molecule has 0 aromatic heterocycles. The van der Waals surface area contributed by atoms with Gasteiger partial charge in [0.2, 0.25) is 23.5 Å². The van der Waals surface area contributed by atoms with E-state index in [1.54, 1.807) is 13.8 Å². The number of Topliss-reactive ketones (excluding diaryl/α,β-unsaturated/α-hetero) is 1. The predicted octanol–water partition coefficient (Wildman–Crippen LogP) is 2.89. The molecule has 0 spiro atoms. The van der Waals surface area contributed by atoms with Gasteiger partial charge in [0.25, 0.3) is 5.91 Å². The second-order valence-electron chi connectivity index (χ2n) is 14.8. The first-order valence-corrected chi connectivity index (χ1v) is 18.4. The van der Waals surface area contributed by atoms with Crippen molar-refractivity contribution in [2.24, 2.45) is 11.8 Å². The summed E-state index contributed by atoms with van der Waals surface area (Å²) in [5.41, 5.74) is 2.44. The van der Waals surface area contributed by atoms with Crippen LogP contribution in [-0.2, 0) is 48.3 Å². The zero-order chi connectivity index (χ0) is 38.7. The Labute approximate surface area is 310 Å². The van der Waals surface area contributed by atoms with Crippen LogP contribution in [0.5, 0.6) is 0 Å². The molecule has 288 valence electrons. The Balaban J connectivity index is 1.45. The fourth-order valence-corrected chi connectivity index (χ4v) is 6.20. The van der Waals surface area contributed by atoms with Gasteiger partial charge in [-0.2, -0.15) is 0 Å². The van der Waals surface area contributed by atoms with E-state index in [0.29, 0.717) is 24.6 Å². The highest BCUT2D eigenvalue weighted by Crippen LogP contribution is 2.26. The van der Waals surface area contributed by atoms with Gasteiger partial charge in [0.15, 0.2) is 0 Å². The SMILES string of the molecule is CC(C)CC(NC(=O)C(Cc1ccc(F)cc1)NC(=O)OCc1ccc(CN(C)C2CC2)cc1)C(=O)NC(C[C@@H]1CCNC1=O)C(=O)C(=O)NC(C)C. The molecule has 4 rings (SSSR count). The highest BCUT2D eigenvalue weighted by Gasteiger charge is 2.36. The fraction of sp³-hybridized carbons (Fsp3) is 0.538. The van der Waals surface area contributed by atoms with E-state index in [1.807, 2.05) is 38.1 Å². The Kier molecular flexibility index (Phi) is 14.9. The number of rotatable bonds is 19. The summed E-state index contributed by atoms with van der Waals surface area (Å²) in [5, 5.41) is 13.2. The lowest BCUT2D eigenvalue weighted by Crippen LogP contribution is -2.58. The molecular formula is C39H53FN6O7. The molecule has 5 amide bonds. The fourth-order valence-electron chi connectivity index (χ4n) is 6.20. The van der Waals surface area contributed by atoms with Gasteiger partial charge in [-0.25, -0.2) is 9.18 Å². The number of carbonyl (C=O) groups excluding carboxylic acids is 6. The summed E-state index contributed by atoms with van der Waals surface area (Å²) < 4.78 is 19.2. The first-order valence-electron chi connectivity index (χ1n) is 18.4. The molecule has 2 aromatic rings. The van der Waals surface area contributed by atoms with Crippen LogP contribution in [0.25, 0.3) is 0 Å². The zero-order valence-electron chi connectivity index (χ0n) is 31.2. The molecule has 0 bridgehead atoms. The lowest BCUT2D eigenvalue weighted by Gasteiger charge is -2.27. The van der Waals surface area contributed by atoms with E-state index >= 15 is 0 Å². The first kappa shape index (κ1) is 40.9. The van der Waals surface area contributed by atoms with Crippen LogP contribution >= 0.6 is 0 Å². The number of halogens is 1. The summed E-state index contributed by atoms with van der Waals surface area (Å²) in [5.74, 6) is -4.67. The normalized spacial score (nSPS) is 17.2. The third-order valence-corrected chi connectivity index (χ3v) is 9.26. The van der Waals surface area contributed by atoms with Gasteiger partial charge in [0, 0.05) is 37.5 Å². The molecule has 2 aromatic carbocycles. The van der Waals surface area contributed by atoms with Crippen molar-refractivity contribution in [3.63, 3.8) is 0 Å². The molecular weight excluding hydrogens is 683 g/mol. The number of hydrogen-bond donors (Lipinski definition) is 5. The number of benzene rings is 2. The number of ether oxygens (including phenoxy) is 1. The second-order valence-corrected chi connectivity index (χ2v) is 14.8. The summed E-state index contributed by atoms with van der Waals surface area (Å²) in [4.78, 5) is 81.3. The highest BCUT2D eigenvalue weighted by atomic mass is 19.1. The maximum absolute atomic E-state index is 13.8. The predicted molar refractivity (Wildman–Crippen MR) is 195 cm³/mol. The Bertz CT molecular complexity index is 1600. The van der Waals surface area contributed by atoms with Crippen LogP contribution in [-0.4, -0.2) is 84.2 Å². The molecule has 0 radical (unpaired) electrons. The van der Waals surface area contributed by atoms with Crippen LogP contribution in [0, 0.1) is 17.7 Å². The van der Waals surface area contributed by atoms with Crippen LogP contribution in [0.2, 0.25) is 0 Å². The molecule has 1 saturated heterocycles. The monoisotopic (exact) mass is 736 g/mol. The van der Waals surface area contributed by atoms with E-state index in [9.17, 15) is 33.2 Å². The maximum Gasteiger partial charge on any atom is 0.408 e. The molecule has 1 aliphatic heterocycles. The van der Waals surface area contributed by atoms with Crippen LogP contribution < -0.4 is 26.6 Å². The van der Waals surface area contributed by atoms with E-state index in [1.165, 1.54) is 37.1 Å². The molecule has 5 N–H and O–H groups in total. The molecule has 4 atom stereocenters. The number of alkyl carbamates (subject to hydrolysis) is 1. The molecule has 2 aliphatic rings. The third kappa shape index (κ3) is 13.3. The van der Waals surface area contributed by atoms with Crippen molar-refractivity contribution in [2.45, 2.75) is 110 Å². The smallest absolute Gasteiger partial charge is 0.408 e. The molecule has 3 unspecified atom stereocenters. The minimum Gasteiger partial charge on any atom is -0.445 e. The van der Waals surface area contributed by atoms with Crippen molar-refractivity contribution in [1.29, 1.82) is 0 Å². The van der Waals surface area contributed by atoms with Crippen LogP contribution in [0.1, 0.15) is 76.5 Å². The Hall–Kier alpha value is -4.85. The average Bonchev–Trinajstić information content (AvgIpc) is 3.89. The van der Waals surface area contributed by atoms with Gasteiger partial charge in [0.05, 0.1) is 6.04 Å². The molecule has 14 heteroatoms. The number of amides is 5. The maximum atomic E-state index is 13.8. The van der Waals surface area contributed by atoms with E-state index in [-0.39, 0.29) is 43.7 Å². The van der Waals surface area contributed by atoms with Crippen LogP contribution in [0.3, 0.4) is 0 Å². The van der Waals surface area contributed by atoms with E-state index in [2.05, 4.69) is 38.5 Å². The molecule has 1 heterocycles. The van der Waals surface area contributed by atoms with Gasteiger partial charge >= 0.3 is 6.09 Å². The van der Waals surface area contributed by atoms with Crippen LogP contribution in [0.4, 0.5) is 9.18 Å². The number of ketones is 1. The minimum absolute atomic E-state index is 0.0479. The van der Waals surface area contributed by atoms with Gasteiger partial charge in [-0.3, -0.25) is 28.9 Å². The van der Waals surface area contributed by atoms with Gasteiger partial charge in [0.1, 0.15) is 24.5 Å². The standard InChI is InChI=1S/C39H53FN6O7/c1-23(2)18-32(36(49)43-31(20-28-16-17-41-35(28)48)34(47)38(51)42-24(3)4)44-37(50)33(19-25-10-12-29(40)13-11-25)45-39(52)53-22-27-8-6-26(7-9-27)21-46(5)30-14-15-30/h6-13,23-24,28,30-33H,14-22H2,1-5H3,(H,41,48)(H,42,51)(H,43,49)(H,44,50)(H,45,52)/t28-,31?,32?,33?/m0/s1. The van der Waals surface area contributed by atoms with Crippen molar-refractivity contribution in [1.82, 2.24) is 31.5 Å². The average molecular weight is 737 g/mol. The molecule has 1 aliphatic carbocycles. The van der Waals surface area contributed by atoms with Crippen molar-refractivity contribution in [3.05, 3.63) is 71.0 Å². The number of nitrogens with one attached hydrogen (secondary N) is 5. The van der Waals surface area contributed by atoms with E-state index in [0.717, 1.165) is 17.7 Å². The summed E-state index contributed by atoms with van der Waals surface area (Å²) in [6.45, 7) is 8.26. The Morgan fingerprint density at radius 3 is 2.00 bits per heavy atom. The largest absolute Gasteiger partial charge is 0.445 e. The van der Waals surface area contributed by atoms with Crippen LogP contribution in [0.15, 0.2) is 48.5 Å². The molecule has 1 saturated carbocycles. The summed E-state index contributed by atoms with van der Waals surface area (Å²) in [6.07, 6.45) is 2.01. The topological polar surface area (TPSA) is 175 Å². The number of carbonyl (C=O) groups is 6. The summed E-state index contributed by atoms with van der Waals surface area (Å²) >= 11 is 0. The van der Waals surface area contributed by atoms with Crippen molar-refractivity contribution in [2.75, 3.05) is 13.6 Å². The third-order valence-electron chi connectivity index (χ3n) is 9.26.